The van der Waals surface area contributed by atoms with Crippen LogP contribution in [0.5, 0.6) is 0 Å². The molecule has 0 saturated carbocycles. The van der Waals surface area contributed by atoms with Gasteiger partial charge in [-0.2, -0.15) is 0 Å². The zero-order chi connectivity index (χ0) is 13.7. The van der Waals surface area contributed by atoms with Gasteiger partial charge in [-0.15, -0.1) is 0 Å². The third-order valence-electron chi connectivity index (χ3n) is 2.89. The molecule has 0 spiro atoms. The van der Waals surface area contributed by atoms with Crippen molar-refractivity contribution in [3.05, 3.63) is 23.9 Å². The molecule has 0 radical (unpaired) electrons. The maximum absolute atomic E-state index is 11.9. The zero-order valence-electron chi connectivity index (χ0n) is 10.9. The first-order valence-electron chi connectivity index (χ1n) is 6.46. The molecule has 1 atom stereocenters. The number of rotatable bonds is 5. The van der Waals surface area contributed by atoms with Gasteiger partial charge in [0.2, 0.25) is 5.91 Å². The van der Waals surface area contributed by atoms with Crippen LogP contribution in [0.1, 0.15) is 30.1 Å². The molecular formula is C13H18N4O2. The fraction of sp³-hybridized carbons (Fsp3) is 0.462. The predicted octanol–water partition coefficient (Wildman–Crippen LogP) is 0.522. The van der Waals surface area contributed by atoms with Gasteiger partial charge in [0.15, 0.2) is 0 Å². The number of carbonyl (C=O) groups excluding carboxylic acids is 2. The van der Waals surface area contributed by atoms with Crippen molar-refractivity contribution in [3.63, 3.8) is 0 Å². The molecule has 1 aliphatic rings. The lowest BCUT2D eigenvalue weighted by Gasteiger charge is -2.10. The van der Waals surface area contributed by atoms with E-state index >= 15 is 0 Å². The molecule has 0 aliphatic carbocycles. The lowest BCUT2D eigenvalue weighted by atomic mass is 10.2. The highest BCUT2D eigenvalue weighted by atomic mass is 16.2. The molecular weight excluding hydrogens is 244 g/mol. The lowest BCUT2D eigenvalue weighted by Crippen LogP contribution is -2.36. The van der Waals surface area contributed by atoms with Crippen LogP contribution in [0.4, 0.5) is 5.82 Å². The Bertz CT molecular complexity index is 458. The molecule has 0 aromatic carbocycles. The fourth-order valence-electron chi connectivity index (χ4n) is 1.86. The number of pyridine rings is 1. The summed E-state index contributed by atoms with van der Waals surface area (Å²) in [6, 6.07) is 3.38. The second-order valence-electron chi connectivity index (χ2n) is 4.54. The van der Waals surface area contributed by atoms with E-state index in [-0.39, 0.29) is 17.9 Å². The molecule has 0 bridgehead atoms. The number of hydrogen-bond donors (Lipinski definition) is 3. The number of carbonyl (C=O) groups is 2. The second-order valence-corrected chi connectivity index (χ2v) is 4.54. The summed E-state index contributed by atoms with van der Waals surface area (Å²) in [5.41, 5.74) is 0.501. The highest BCUT2D eigenvalue weighted by molar-refractivity contribution is 5.95. The minimum Gasteiger partial charge on any atom is -0.370 e. The van der Waals surface area contributed by atoms with Crippen LogP contribution >= 0.6 is 0 Å². The molecule has 1 fully saturated rings. The molecule has 6 nitrogen and oxygen atoms in total. The number of nitrogens with one attached hydrogen (secondary N) is 3. The number of amides is 2. The van der Waals surface area contributed by atoms with Crippen LogP contribution in [0.15, 0.2) is 18.3 Å². The summed E-state index contributed by atoms with van der Waals surface area (Å²) in [6.07, 6.45) is 2.90. The standard InChI is InChI=1S/C13H18N4O2/c1-2-5-14-11-4-3-9(7-15-11)13(19)17-10-6-12(18)16-8-10/h3-4,7,10H,2,5-6,8H2,1H3,(H,14,15)(H,16,18)(H,17,19). The summed E-state index contributed by atoms with van der Waals surface area (Å²) < 4.78 is 0. The van der Waals surface area contributed by atoms with Gasteiger partial charge in [0.1, 0.15) is 5.82 Å². The Hall–Kier alpha value is -2.11. The van der Waals surface area contributed by atoms with Gasteiger partial charge in [-0.25, -0.2) is 4.98 Å². The number of hydrogen-bond acceptors (Lipinski definition) is 4. The average molecular weight is 262 g/mol. The Kier molecular flexibility index (Phi) is 4.33. The molecule has 1 aliphatic heterocycles. The molecule has 2 rings (SSSR count). The van der Waals surface area contributed by atoms with E-state index in [2.05, 4.69) is 27.9 Å². The lowest BCUT2D eigenvalue weighted by molar-refractivity contribution is -0.119. The van der Waals surface area contributed by atoms with E-state index in [4.69, 9.17) is 0 Å². The van der Waals surface area contributed by atoms with Gasteiger partial charge >= 0.3 is 0 Å². The average Bonchev–Trinajstić information content (AvgIpc) is 2.82. The Morgan fingerprint density at radius 3 is 2.95 bits per heavy atom. The largest absolute Gasteiger partial charge is 0.370 e. The van der Waals surface area contributed by atoms with E-state index in [0.29, 0.717) is 18.5 Å². The topological polar surface area (TPSA) is 83.1 Å². The van der Waals surface area contributed by atoms with Crippen molar-refractivity contribution in [2.45, 2.75) is 25.8 Å². The van der Waals surface area contributed by atoms with Crippen LogP contribution < -0.4 is 16.0 Å². The first-order chi connectivity index (χ1) is 9.19. The van der Waals surface area contributed by atoms with E-state index in [0.717, 1.165) is 18.8 Å². The molecule has 102 valence electrons. The molecule has 1 saturated heterocycles. The molecule has 3 N–H and O–H groups in total. The molecule has 19 heavy (non-hydrogen) atoms. The van der Waals surface area contributed by atoms with E-state index in [1.807, 2.05) is 0 Å². The smallest absolute Gasteiger partial charge is 0.253 e. The fourth-order valence-corrected chi connectivity index (χ4v) is 1.86. The van der Waals surface area contributed by atoms with Gasteiger partial charge in [-0.3, -0.25) is 9.59 Å². The maximum atomic E-state index is 11.9. The van der Waals surface area contributed by atoms with Gasteiger partial charge in [0.25, 0.3) is 5.91 Å². The number of anilines is 1. The molecule has 2 heterocycles. The first-order valence-corrected chi connectivity index (χ1v) is 6.46. The van der Waals surface area contributed by atoms with Gasteiger partial charge in [-0.05, 0) is 18.6 Å². The van der Waals surface area contributed by atoms with E-state index < -0.39 is 0 Å². The summed E-state index contributed by atoms with van der Waals surface area (Å²) in [5, 5.41) is 8.63. The quantitative estimate of drug-likeness (QED) is 0.722. The minimum absolute atomic E-state index is 0.0254. The van der Waals surface area contributed by atoms with Crippen LogP contribution in [0.2, 0.25) is 0 Å². The molecule has 1 unspecified atom stereocenters. The van der Waals surface area contributed by atoms with Gasteiger partial charge in [0, 0.05) is 25.7 Å². The Morgan fingerprint density at radius 1 is 1.53 bits per heavy atom. The third kappa shape index (κ3) is 3.67. The van der Waals surface area contributed by atoms with Crippen LogP contribution in [0.25, 0.3) is 0 Å². The predicted molar refractivity (Wildman–Crippen MR) is 71.9 cm³/mol. The highest BCUT2D eigenvalue weighted by Gasteiger charge is 2.23. The van der Waals surface area contributed by atoms with Gasteiger partial charge in [0.05, 0.1) is 11.6 Å². The SMILES string of the molecule is CCCNc1ccc(C(=O)NC2CNC(=O)C2)cn1. The highest BCUT2D eigenvalue weighted by Crippen LogP contribution is 2.07. The zero-order valence-corrected chi connectivity index (χ0v) is 10.9. The van der Waals surface area contributed by atoms with Crippen molar-refractivity contribution in [3.8, 4) is 0 Å². The maximum Gasteiger partial charge on any atom is 0.253 e. The summed E-state index contributed by atoms with van der Waals surface area (Å²) in [5.74, 6) is 0.537. The Balaban J connectivity index is 1.90. The van der Waals surface area contributed by atoms with E-state index in [1.54, 1.807) is 12.1 Å². The summed E-state index contributed by atoms with van der Waals surface area (Å²) in [6.45, 7) is 3.42. The number of aromatic nitrogens is 1. The van der Waals surface area contributed by atoms with Crippen molar-refractivity contribution in [2.75, 3.05) is 18.4 Å². The van der Waals surface area contributed by atoms with E-state index in [9.17, 15) is 9.59 Å². The Morgan fingerprint density at radius 2 is 2.37 bits per heavy atom. The van der Waals surface area contributed by atoms with Crippen LogP contribution in [0, 0.1) is 0 Å². The van der Waals surface area contributed by atoms with Crippen molar-refractivity contribution in [2.24, 2.45) is 0 Å². The minimum atomic E-state index is -0.198. The van der Waals surface area contributed by atoms with Crippen LogP contribution in [0.3, 0.4) is 0 Å². The molecule has 1 aromatic rings. The van der Waals surface area contributed by atoms with E-state index in [1.165, 1.54) is 6.20 Å². The van der Waals surface area contributed by atoms with Crippen LogP contribution in [-0.4, -0.2) is 35.9 Å². The van der Waals surface area contributed by atoms with Crippen molar-refractivity contribution in [1.29, 1.82) is 0 Å². The van der Waals surface area contributed by atoms with Crippen molar-refractivity contribution in [1.82, 2.24) is 15.6 Å². The summed E-state index contributed by atoms with van der Waals surface area (Å²) >= 11 is 0. The van der Waals surface area contributed by atoms with Gasteiger partial charge < -0.3 is 16.0 Å². The van der Waals surface area contributed by atoms with Gasteiger partial charge in [-0.1, -0.05) is 6.92 Å². The monoisotopic (exact) mass is 262 g/mol. The summed E-state index contributed by atoms with van der Waals surface area (Å²) in [4.78, 5) is 27.1. The first kappa shape index (κ1) is 13.3. The number of nitrogens with zero attached hydrogens (tertiary/aromatic N) is 1. The Labute approximate surface area is 112 Å². The second kappa shape index (κ2) is 6.17. The van der Waals surface area contributed by atoms with Crippen molar-refractivity contribution < 1.29 is 9.59 Å². The third-order valence-corrected chi connectivity index (χ3v) is 2.89. The molecule has 1 aromatic heterocycles. The molecule has 2 amide bonds. The normalized spacial score (nSPS) is 17.9. The van der Waals surface area contributed by atoms with Crippen molar-refractivity contribution >= 4 is 17.6 Å². The van der Waals surface area contributed by atoms with Crippen LogP contribution in [-0.2, 0) is 4.79 Å². The molecule has 6 heteroatoms. The summed E-state index contributed by atoms with van der Waals surface area (Å²) in [7, 11) is 0.